The van der Waals surface area contributed by atoms with Crippen LogP contribution in [0.4, 0.5) is 0 Å². The Hall–Kier alpha value is -2.18. The van der Waals surface area contributed by atoms with Gasteiger partial charge in [-0.05, 0) is 20.3 Å². The van der Waals surface area contributed by atoms with E-state index in [1.807, 2.05) is 13.8 Å². The molecule has 1 N–H and O–H groups in total. The van der Waals surface area contributed by atoms with Crippen molar-refractivity contribution < 1.29 is 9.32 Å². The summed E-state index contributed by atoms with van der Waals surface area (Å²) in [6, 6.07) is 0.115. The number of aromatic nitrogens is 4. The molecule has 1 aliphatic rings. The number of hydrogen-bond donors (Lipinski definition) is 1. The SMILES string of the molecule is Cc1noc(C)c1CC(=O)N[C@@H]1CCc2nnc(C(C)C)n2C1. The van der Waals surface area contributed by atoms with E-state index in [4.69, 9.17) is 4.52 Å². The fourth-order valence-corrected chi connectivity index (χ4v) is 3.09. The van der Waals surface area contributed by atoms with Gasteiger partial charge in [-0.2, -0.15) is 0 Å². The molecule has 7 nitrogen and oxygen atoms in total. The summed E-state index contributed by atoms with van der Waals surface area (Å²) in [7, 11) is 0. The molecule has 0 bridgehead atoms. The number of carbonyl (C=O) groups excluding carboxylic acids is 1. The van der Waals surface area contributed by atoms with Crippen LogP contribution in [0.5, 0.6) is 0 Å². The highest BCUT2D eigenvalue weighted by Gasteiger charge is 2.25. The van der Waals surface area contributed by atoms with Crippen LogP contribution in [0.2, 0.25) is 0 Å². The Bertz CT molecular complexity index is 697. The van der Waals surface area contributed by atoms with Gasteiger partial charge in [0.15, 0.2) is 0 Å². The van der Waals surface area contributed by atoms with Gasteiger partial charge in [-0.3, -0.25) is 4.79 Å². The normalized spacial score (nSPS) is 17.3. The van der Waals surface area contributed by atoms with Crippen molar-refractivity contribution in [2.24, 2.45) is 0 Å². The Labute approximate surface area is 135 Å². The molecule has 23 heavy (non-hydrogen) atoms. The highest BCUT2D eigenvalue weighted by molar-refractivity contribution is 5.79. The van der Waals surface area contributed by atoms with Crippen LogP contribution in [0.1, 0.15) is 54.9 Å². The zero-order valence-electron chi connectivity index (χ0n) is 14.1. The number of nitrogens with zero attached hydrogens (tertiary/aromatic N) is 4. The zero-order chi connectivity index (χ0) is 16.6. The van der Waals surface area contributed by atoms with Crippen molar-refractivity contribution in [3.8, 4) is 0 Å². The lowest BCUT2D eigenvalue weighted by Gasteiger charge is -2.26. The topological polar surface area (TPSA) is 85.8 Å². The third-order valence-corrected chi connectivity index (χ3v) is 4.38. The molecule has 1 amide bonds. The van der Waals surface area contributed by atoms with Crippen molar-refractivity contribution in [3.63, 3.8) is 0 Å². The molecule has 0 saturated carbocycles. The minimum absolute atomic E-state index is 0.00650. The third kappa shape index (κ3) is 3.13. The predicted molar refractivity (Wildman–Crippen MR) is 84.0 cm³/mol. The maximum atomic E-state index is 12.3. The molecule has 2 aromatic heterocycles. The monoisotopic (exact) mass is 317 g/mol. The van der Waals surface area contributed by atoms with Crippen LogP contribution in [0.3, 0.4) is 0 Å². The number of fused-ring (bicyclic) bond motifs is 1. The minimum atomic E-state index is 0.00650. The van der Waals surface area contributed by atoms with E-state index in [1.165, 1.54) is 0 Å². The van der Waals surface area contributed by atoms with Crippen LogP contribution >= 0.6 is 0 Å². The van der Waals surface area contributed by atoms with Crippen molar-refractivity contribution in [3.05, 3.63) is 28.7 Å². The highest BCUT2D eigenvalue weighted by atomic mass is 16.5. The first-order valence-corrected chi connectivity index (χ1v) is 8.08. The number of nitrogens with one attached hydrogen (secondary N) is 1. The van der Waals surface area contributed by atoms with Crippen LogP contribution in [0, 0.1) is 13.8 Å². The predicted octanol–water partition coefficient (Wildman–Crippen LogP) is 1.68. The van der Waals surface area contributed by atoms with E-state index in [-0.39, 0.29) is 11.9 Å². The second-order valence-electron chi connectivity index (χ2n) is 6.52. The average molecular weight is 317 g/mol. The van der Waals surface area contributed by atoms with Gasteiger partial charge in [-0.1, -0.05) is 19.0 Å². The quantitative estimate of drug-likeness (QED) is 0.927. The molecule has 3 heterocycles. The van der Waals surface area contributed by atoms with Crippen molar-refractivity contribution in [1.82, 2.24) is 25.2 Å². The average Bonchev–Trinajstić information content (AvgIpc) is 3.05. The standard InChI is InChI=1S/C16H23N5O2/c1-9(2)16-19-18-14-6-5-12(8-21(14)16)17-15(22)7-13-10(3)20-23-11(13)4/h9,12H,5-8H2,1-4H3,(H,17,22)/t12-/m1/s1. The van der Waals surface area contributed by atoms with Crippen molar-refractivity contribution in [2.45, 2.75) is 65.5 Å². The summed E-state index contributed by atoms with van der Waals surface area (Å²) in [6.07, 6.45) is 2.04. The van der Waals surface area contributed by atoms with Gasteiger partial charge in [0.1, 0.15) is 17.4 Å². The van der Waals surface area contributed by atoms with Crippen LogP contribution < -0.4 is 5.32 Å². The number of aryl methyl sites for hydroxylation is 3. The van der Waals surface area contributed by atoms with Crippen LogP contribution in [-0.4, -0.2) is 31.9 Å². The maximum Gasteiger partial charge on any atom is 0.224 e. The summed E-state index contributed by atoms with van der Waals surface area (Å²) in [5.74, 6) is 3.05. The first-order valence-electron chi connectivity index (χ1n) is 8.08. The van der Waals surface area contributed by atoms with Gasteiger partial charge in [0.2, 0.25) is 5.91 Å². The Balaban J connectivity index is 1.65. The Morgan fingerprint density at radius 3 is 2.83 bits per heavy atom. The summed E-state index contributed by atoms with van der Waals surface area (Å²) in [5, 5.41) is 15.5. The first-order chi connectivity index (χ1) is 11.0. The molecule has 0 unspecified atom stereocenters. The number of hydrogen-bond acceptors (Lipinski definition) is 5. The molecular formula is C16H23N5O2. The molecule has 0 radical (unpaired) electrons. The fourth-order valence-electron chi connectivity index (χ4n) is 3.09. The van der Waals surface area contributed by atoms with E-state index in [1.54, 1.807) is 0 Å². The van der Waals surface area contributed by atoms with E-state index in [9.17, 15) is 4.79 Å². The van der Waals surface area contributed by atoms with Crippen molar-refractivity contribution in [1.29, 1.82) is 0 Å². The molecule has 3 rings (SSSR count). The van der Waals surface area contributed by atoms with Gasteiger partial charge in [-0.15, -0.1) is 10.2 Å². The summed E-state index contributed by atoms with van der Waals surface area (Å²) in [6.45, 7) is 8.65. The van der Waals surface area contributed by atoms with E-state index >= 15 is 0 Å². The van der Waals surface area contributed by atoms with Gasteiger partial charge < -0.3 is 14.4 Å². The molecule has 124 valence electrons. The van der Waals surface area contributed by atoms with Gasteiger partial charge in [0, 0.05) is 30.5 Å². The third-order valence-electron chi connectivity index (χ3n) is 4.38. The van der Waals surface area contributed by atoms with Crippen molar-refractivity contribution >= 4 is 5.91 Å². The van der Waals surface area contributed by atoms with E-state index < -0.39 is 0 Å². The van der Waals surface area contributed by atoms with Gasteiger partial charge >= 0.3 is 0 Å². The second-order valence-corrected chi connectivity index (χ2v) is 6.52. The Kier molecular flexibility index (Phi) is 4.19. The van der Waals surface area contributed by atoms with Gasteiger partial charge in [-0.25, -0.2) is 0 Å². The molecule has 7 heteroatoms. The molecule has 0 spiro atoms. The second kappa shape index (κ2) is 6.14. The molecule has 0 fully saturated rings. The minimum Gasteiger partial charge on any atom is -0.361 e. The number of rotatable bonds is 4. The van der Waals surface area contributed by atoms with Crippen molar-refractivity contribution in [2.75, 3.05) is 0 Å². The highest BCUT2D eigenvalue weighted by Crippen LogP contribution is 2.20. The lowest BCUT2D eigenvalue weighted by molar-refractivity contribution is -0.121. The molecule has 1 aliphatic heterocycles. The summed E-state index contributed by atoms with van der Waals surface area (Å²) >= 11 is 0. The van der Waals surface area contributed by atoms with E-state index in [0.717, 1.165) is 42.3 Å². The molecule has 1 atom stereocenters. The zero-order valence-corrected chi connectivity index (χ0v) is 14.1. The van der Waals surface area contributed by atoms with E-state index in [0.29, 0.717) is 18.1 Å². The summed E-state index contributed by atoms with van der Waals surface area (Å²) in [4.78, 5) is 12.3. The van der Waals surface area contributed by atoms with E-state index in [2.05, 4.69) is 39.1 Å². The van der Waals surface area contributed by atoms with Crippen LogP contribution in [0.15, 0.2) is 4.52 Å². The Morgan fingerprint density at radius 1 is 1.39 bits per heavy atom. The van der Waals surface area contributed by atoms with Gasteiger partial charge in [0.25, 0.3) is 0 Å². The molecule has 0 aromatic carbocycles. The largest absolute Gasteiger partial charge is 0.361 e. The lowest BCUT2D eigenvalue weighted by atomic mass is 10.0. The molecule has 0 aliphatic carbocycles. The molecular weight excluding hydrogens is 294 g/mol. The lowest BCUT2D eigenvalue weighted by Crippen LogP contribution is -2.42. The molecule has 2 aromatic rings. The molecule has 0 saturated heterocycles. The fraction of sp³-hybridized carbons (Fsp3) is 0.625. The number of carbonyl (C=O) groups is 1. The van der Waals surface area contributed by atoms with Gasteiger partial charge in [0.05, 0.1) is 12.1 Å². The smallest absolute Gasteiger partial charge is 0.224 e. The Morgan fingerprint density at radius 2 is 2.17 bits per heavy atom. The summed E-state index contributed by atoms with van der Waals surface area (Å²) in [5.41, 5.74) is 1.66. The summed E-state index contributed by atoms with van der Waals surface area (Å²) < 4.78 is 7.26. The van der Waals surface area contributed by atoms with Crippen LogP contribution in [-0.2, 0) is 24.2 Å². The van der Waals surface area contributed by atoms with Crippen LogP contribution in [0.25, 0.3) is 0 Å². The number of amides is 1. The first kappa shape index (κ1) is 15.7. The maximum absolute atomic E-state index is 12.3.